The van der Waals surface area contributed by atoms with E-state index in [0.717, 1.165) is 25.3 Å². The smallest absolute Gasteiger partial charge is 0.116 e. The van der Waals surface area contributed by atoms with Gasteiger partial charge < -0.3 is 10.3 Å². The molecule has 100 valence electrons. The van der Waals surface area contributed by atoms with Crippen LogP contribution in [0.4, 0.5) is 0 Å². The molecular weight excluding hydrogens is 234 g/mol. The highest BCUT2D eigenvalue weighted by atomic mass is 15.0. The van der Waals surface area contributed by atoms with Crippen LogP contribution in [-0.2, 0) is 12.0 Å². The molecule has 0 aliphatic heterocycles. The zero-order valence-electron chi connectivity index (χ0n) is 11.4. The zero-order valence-corrected chi connectivity index (χ0v) is 11.4. The van der Waals surface area contributed by atoms with Gasteiger partial charge in [0.25, 0.3) is 0 Å². The van der Waals surface area contributed by atoms with Gasteiger partial charge in [0.15, 0.2) is 0 Å². The summed E-state index contributed by atoms with van der Waals surface area (Å²) in [4.78, 5) is 8.11. The predicted octanol–water partition coefficient (Wildman–Crippen LogP) is 2.99. The largest absolute Gasteiger partial charge is 0.344 e. The number of imidazole rings is 1. The van der Waals surface area contributed by atoms with Gasteiger partial charge in [-0.1, -0.05) is 37.3 Å². The van der Waals surface area contributed by atoms with Crippen LogP contribution in [0, 0.1) is 0 Å². The molecule has 3 rings (SSSR count). The molecule has 1 aliphatic rings. The number of aromatic amines is 1. The molecule has 0 bridgehead atoms. The van der Waals surface area contributed by atoms with Crippen molar-refractivity contribution in [3.63, 3.8) is 0 Å². The van der Waals surface area contributed by atoms with E-state index in [9.17, 15) is 0 Å². The molecule has 1 saturated carbocycles. The number of nitrogens with one attached hydrogen (secondary N) is 2. The molecule has 1 aromatic heterocycles. The third kappa shape index (κ3) is 2.43. The van der Waals surface area contributed by atoms with Gasteiger partial charge in [-0.2, -0.15) is 0 Å². The lowest BCUT2D eigenvalue weighted by Gasteiger charge is -2.12. The molecule has 1 aromatic carbocycles. The summed E-state index contributed by atoms with van der Waals surface area (Å²) in [7, 11) is 0. The summed E-state index contributed by atoms with van der Waals surface area (Å²) in [5.41, 5.74) is 2.73. The van der Waals surface area contributed by atoms with Gasteiger partial charge in [-0.05, 0) is 31.4 Å². The molecule has 1 aliphatic carbocycles. The number of aromatic nitrogens is 2. The van der Waals surface area contributed by atoms with Crippen molar-refractivity contribution >= 4 is 0 Å². The summed E-state index contributed by atoms with van der Waals surface area (Å²) in [6.07, 6.45) is 5.54. The molecule has 3 heteroatoms. The highest BCUT2D eigenvalue weighted by Crippen LogP contribution is 2.52. The number of H-pyrrole nitrogens is 1. The van der Waals surface area contributed by atoms with Gasteiger partial charge >= 0.3 is 0 Å². The molecule has 0 amide bonds. The number of hydrogen-bond acceptors (Lipinski definition) is 2. The Bertz CT molecular complexity index is 526. The third-order valence-corrected chi connectivity index (χ3v) is 3.90. The average molecular weight is 255 g/mol. The Labute approximate surface area is 114 Å². The lowest BCUT2D eigenvalue weighted by molar-refractivity contribution is 0.662. The molecule has 0 unspecified atom stereocenters. The van der Waals surface area contributed by atoms with Gasteiger partial charge in [0, 0.05) is 18.4 Å². The second kappa shape index (κ2) is 5.17. The van der Waals surface area contributed by atoms with Crippen molar-refractivity contribution in [2.45, 2.75) is 38.1 Å². The van der Waals surface area contributed by atoms with Crippen molar-refractivity contribution in [3.8, 4) is 0 Å². The molecule has 0 radical (unpaired) electrons. The second-order valence-corrected chi connectivity index (χ2v) is 5.38. The summed E-state index contributed by atoms with van der Waals surface area (Å²) in [6, 6.07) is 10.7. The van der Waals surface area contributed by atoms with Gasteiger partial charge in [0.1, 0.15) is 5.82 Å². The molecular formula is C16H21N3. The molecule has 0 spiro atoms. The van der Waals surface area contributed by atoms with Crippen molar-refractivity contribution < 1.29 is 0 Å². The van der Waals surface area contributed by atoms with Crippen molar-refractivity contribution in [1.29, 1.82) is 0 Å². The third-order valence-electron chi connectivity index (χ3n) is 3.90. The minimum Gasteiger partial charge on any atom is -0.344 e. The van der Waals surface area contributed by atoms with Crippen molar-refractivity contribution in [3.05, 3.63) is 53.6 Å². The summed E-state index contributed by atoms with van der Waals surface area (Å²) in [6.45, 7) is 4.11. The first-order chi connectivity index (χ1) is 9.35. The van der Waals surface area contributed by atoms with Gasteiger partial charge in [0.2, 0.25) is 0 Å². The van der Waals surface area contributed by atoms with Crippen LogP contribution in [0.5, 0.6) is 0 Å². The van der Waals surface area contributed by atoms with E-state index in [0.29, 0.717) is 0 Å². The van der Waals surface area contributed by atoms with Crippen molar-refractivity contribution in [2.75, 3.05) is 6.54 Å². The molecule has 1 fully saturated rings. The topological polar surface area (TPSA) is 40.7 Å². The van der Waals surface area contributed by atoms with Gasteiger partial charge in [-0.25, -0.2) is 4.98 Å². The van der Waals surface area contributed by atoms with E-state index >= 15 is 0 Å². The van der Waals surface area contributed by atoms with E-state index in [-0.39, 0.29) is 5.41 Å². The molecule has 19 heavy (non-hydrogen) atoms. The first-order valence-electron chi connectivity index (χ1n) is 7.16. The molecule has 0 atom stereocenters. The van der Waals surface area contributed by atoms with E-state index in [4.69, 9.17) is 0 Å². The Hall–Kier alpha value is -1.61. The summed E-state index contributed by atoms with van der Waals surface area (Å²) >= 11 is 0. The van der Waals surface area contributed by atoms with Gasteiger partial charge in [0.05, 0.1) is 5.41 Å². The lowest BCUT2D eigenvalue weighted by atomic mass is 9.95. The van der Waals surface area contributed by atoms with Crippen LogP contribution in [0.2, 0.25) is 0 Å². The fourth-order valence-electron chi connectivity index (χ4n) is 2.64. The van der Waals surface area contributed by atoms with E-state index in [1.54, 1.807) is 0 Å². The zero-order chi connectivity index (χ0) is 13.1. The first kappa shape index (κ1) is 12.4. The Balaban J connectivity index is 1.76. The second-order valence-electron chi connectivity index (χ2n) is 5.38. The van der Waals surface area contributed by atoms with Crippen LogP contribution < -0.4 is 5.32 Å². The van der Waals surface area contributed by atoms with Crippen LogP contribution in [0.15, 0.2) is 36.5 Å². The maximum atomic E-state index is 4.61. The Kier molecular flexibility index (Phi) is 3.38. The van der Waals surface area contributed by atoms with Crippen LogP contribution in [0.3, 0.4) is 0 Å². The van der Waals surface area contributed by atoms with Crippen LogP contribution in [-0.4, -0.2) is 16.5 Å². The number of rotatable bonds is 6. The molecule has 1 heterocycles. The summed E-state index contributed by atoms with van der Waals surface area (Å²) < 4.78 is 0. The van der Waals surface area contributed by atoms with Crippen LogP contribution >= 0.6 is 0 Å². The van der Waals surface area contributed by atoms with Crippen LogP contribution in [0.25, 0.3) is 0 Å². The van der Waals surface area contributed by atoms with E-state index in [1.165, 1.54) is 24.1 Å². The standard InChI is InChI=1S/C16H21N3/c1-2-10-17-11-14-12-18-15(19-14)16(8-9-16)13-6-4-3-5-7-13/h3-7,12,17H,2,8-11H2,1H3,(H,18,19). The van der Waals surface area contributed by atoms with Crippen LogP contribution in [0.1, 0.15) is 43.3 Å². The summed E-state index contributed by atoms with van der Waals surface area (Å²) in [5.74, 6) is 1.13. The summed E-state index contributed by atoms with van der Waals surface area (Å²) in [5, 5.41) is 3.41. The SMILES string of the molecule is CCCNCc1cnc(C2(c3ccccc3)CC2)[nH]1. The Morgan fingerprint density at radius 1 is 1.26 bits per heavy atom. The fourth-order valence-corrected chi connectivity index (χ4v) is 2.64. The Morgan fingerprint density at radius 2 is 2.05 bits per heavy atom. The van der Waals surface area contributed by atoms with Gasteiger partial charge in [-0.15, -0.1) is 0 Å². The highest BCUT2D eigenvalue weighted by molar-refractivity contribution is 5.39. The number of benzene rings is 1. The van der Waals surface area contributed by atoms with E-state index < -0.39 is 0 Å². The molecule has 3 nitrogen and oxygen atoms in total. The highest BCUT2D eigenvalue weighted by Gasteiger charge is 2.48. The average Bonchev–Trinajstić information content (AvgIpc) is 3.14. The number of nitrogens with zero attached hydrogens (tertiary/aromatic N) is 1. The lowest BCUT2D eigenvalue weighted by Crippen LogP contribution is -2.15. The van der Waals surface area contributed by atoms with E-state index in [1.807, 2.05) is 6.20 Å². The molecule has 2 N–H and O–H groups in total. The normalized spacial score (nSPS) is 16.5. The minimum absolute atomic E-state index is 0.157. The number of hydrogen-bond donors (Lipinski definition) is 2. The molecule has 0 saturated heterocycles. The van der Waals surface area contributed by atoms with E-state index in [2.05, 4.69) is 52.5 Å². The minimum atomic E-state index is 0.157. The van der Waals surface area contributed by atoms with Crippen molar-refractivity contribution in [2.24, 2.45) is 0 Å². The Morgan fingerprint density at radius 3 is 2.74 bits per heavy atom. The van der Waals surface area contributed by atoms with Gasteiger partial charge in [-0.3, -0.25) is 0 Å². The quantitative estimate of drug-likeness (QED) is 0.779. The molecule has 2 aromatic rings. The fraction of sp³-hybridized carbons (Fsp3) is 0.438. The maximum absolute atomic E-state index is 4.61. The monoisotopic (exact) mass is 255 g/mol. The van der Waals surface area contributed by atoms with Crippen molar-refractivity contribution in [1.82, 2.24) is 15.3 Å². The first-order valence-corrected chi connectivity index (χ1v) is 7.16. The maximum Gasteiger partial charge on any atom is 0.116 e. The predicted molar refractivity (Wildman–Crippen MR) is 77.0 cm³/mol.